The first-order valence-electron chi connectivity index (χ1n) is 7.14. The number of nitriles is 1. The van der Waals surface area contributed by atoms with Gasteiger partial charge in [0.1, 0.15) is 17.5 Å². The number of hydrogen-bond donors (Lipinski definition) is 1. The van der Waals surface area contributed by atoms with Crippen LogP contribution in [0.1, 0.15) is 11.1 Å². The maximum atomic E-state index is 9.55. The molecule has 1 aromatic heterocycles. The second-order valence-electron chi connectivity index (χ2n) is 5.18. The van der Waals surface area contributed by atoms with Gasteiger partial charge in [0.2, 0.25) is 0 Å². The van der Waals surface area contributed by atoms with Crippen LogP contribution in [0.15, 0.2) is 59.1 Å². The standard InChI is InChI=1S/C19H14BrN3/c1-12-17(14-9-5-6-10-16(14)20)15(11-21)19(22)23-18(12)13-7-3-2-4-8-13/h2-10H,1H3,(H2,22,23). The van der Waals surface area contributed by atoms with E-state index >= 15 is 0 Å². The highest BCUT2D eigenvalue weighted by molar-refractivity contribution is 9.10. The van der Waals surface area contributed by atoms with Gasteiger partial charge in [-0.1, -0.05) is 64.5 Å². The molecule has 3 rings (SSSR count). The zero-order valence-corrected chi connectivity index (χ0v) is 14.1. The largest absolute Gasteiger partial charge is 0.383 e. The molecule has 0 atom stereocenters. The molecule has 2 N–H and O–H groups in total. The van der Waals surface area contributed by atoms with Gasteiger partial charge in [0, 0.05) is 15.6 Å². The summed E-state index contributed by atoms with van der Waals surface area (Å²) in [5, 5.41) is 9.55. The Morgan fingerprint density at radius 1 is 1.04 bits per heavy atom. The number of anilines is 1. The van der Waals surface area contributed by atoms with E-state index in [2.05, 4.69) is 27.0 Å². The molecule has 2 aromatic carbocycles. The minimum atomic E-state index is 0.253. The van der Waals surface area contributed by atoms with E-state index < -0.39 is 0 Å². The minimum Gasteiger partial charge on any atom is -0.383 e. The molecule has 4 heteroatoms. The highest BCUT2D eigenvalue weighted by Gasteiger charge is 2.19. The monoisotopic (exact) mass is 363 g/mol. The van der Waals surface area contributed by atoms with Crippen molar-refractivity contribution in [1.82, 2.24) is 4.98 Å². The molecule has 3 aromatic rings. The molecule has 0 aliphatic heterocycles. The molecule has 0 saturated heterocycles. The van der Waals surface area contributed by atoms with Crippen LogP contribution in [-0.4, -0.2) is 4.98 Å². The first kappa shape index (κ1) is 15.3. The SMILES string of the molecule is Cc1c(-c2ccccc2)nc(N)c(C#N)c1-c1ccccc1Br. The van der Waals surface area contributed by atoms with Gasteiger partial charge in [-0.05, 0) is 24.1 Å². The second kappa shape index (κ2) is 6.23. The van der Waals surface area contributed by atoms with Crippen LogP contribution in [0.2, 0.25) is 0 Å². The van der Waals surface area contributed by atoms with Crippen molar-refractivity contribution in [3.8, 4) is 28.5 Å². The molecule has 0 fully saturated rings. The van der Waals surface area contributed by atoms with Crippen LogP contribution < -0.4 is 5.73 Å². The van der Waals surface area contributed by atoms with Gasteiger partial charge in [0.05, 0.1) is 5.69 Å². The minimum absolute atomic E-state index is 0.253. The molecule has 0 radical (unpaired) electrons. The van der Waals surface area contributed by atoms with Gasteiger partial charge in [-0.2, -0.15) is 5.26 Å². The average Bonchev–Trinajstić information content (AvgIpc) is 2.58. The maximum Gasteiger partial charge on any atom is 0.142 e. The van der Waals surface area contributed by atoms with Gasteiger partial charge in [-0.25, -0.2) is 4.98 Å². The predicted molar refractivity (Wildman–Crippen MR) is 96.7 cm³/mol. The Hall–Kier alpha value is -2.64. The summed E-state index contributed by atoms with van der Waals surface area (Å²) in [6.07, 6.45) is 0. The topological polar surface area (TPSA) is 62.7 Å². The fourth-order valence-electron chi connectivity index (χ4n) is 2.69. The predicted octanol–water partition coefficient (Wildman–Crippen LogP) is 4.94. The van der Waals surface area contributed by atoms with Gasteiger partial charge in [0.25, 0.3) is 0 Å². The Morgan fingerprint density at radius 3 is 2.35 bits per heavy atom. The number of halogens is 1. The van der Waals surface area contributed by atoms with Crippen molar-refractivity contribution in [2.45, 2.75) is 6.92 Å². The van der Waals surface area contributed by atoms with Gasteiger partial charge >= 0.3 is 0 Å². The summed E-state index contributed by atoms with van der Waals surface area (Å²) in [5.41, 5.74) is 11.0. The molecule has 0 aliphatic rings. The molecule has 112 valence electrons. The zero-order valence-electron chi connectivity index (χ0n) is 12.5. The third-order valence-corrected chi connectivity index (χ3v) is 4.46. The van der Waals surface area contributed by atoms with E-state index in [0.29, 0.717) is 5.56 Å². The van der Waals surface area contributed by atoms with Crippen molar-refractivity contribution in [1.29, 1.82) is 5.26 Å². The maximum absolute atomic E-state index is 9.55. The fraction of sp³-hybridized carbons (Fsp3) is 0.0526. The molecule has 0 aliphatic carbocycles. The Bertz CT molecular complexity index is 912. The molecule has 0 spiro atoms. The zero-order chi connectivity index (χ0) is 16.4. The molecule has 0 saturated carbocycles. The summed E-state index contributed by atoms with van der Waals surface area (Å²) in [4.78, 5) is 4.47. The lowest BCUT2D eigenvalue weighted by Gasteiger charge is -2.16. The molecule has 1 heterocycles. The summed E-state index contributed by atoms with van der Waals surface area (Å²) in [7, 11) is 0. The van der Waals surface area contributed by atoms with Crippen molar-refractivity contribution < 1.29 is 0 Å². The lowest BCUT2D eigenvalue weighted by molar-refractivity contribution is 1.26. The van der Waals surface area contributed by atoms with E-state index in [0.717, 1.165) is 32.4 Å². The van der Waals surface area contributed by atoms with Crippen molar-refractivity contribution in [3.63, 3.8) is 0 Å². The molecular weight excluding hydrogens is 350 g/mol. The number of nitrogen functional groups attached to an aromatic ring is 1. The number of aromatic nitrogens is 1. The van der Waals surface area contributed by atoms with Gasteiger partial charge in [-0.15, -0.1) is 0 Å². The summed E-state index contributed by atoms with van der Waals surface area (Å²) >= 11 is 3.57. The van der Waals surface area contributed by atoms with Crippen LogP contribution in [0.25, 0.3) is 22.4 Å². The normalized spacial score (nSPS) is 10.3. The van der Waals surface area contributed by atoms with Crippen molar-refractivity contribution >= 4 is 21.7 Å². The van der Waals surface area contributed by atoms with E-state index in [1.54, 1.807) is 0 Å². The van der Waals surface area contributed by atoms with Gasteiger partial charge in [0.15, 0.2) is 0 Å². The van der Waals surface area contributed by atoms with Crippen LogP contribution in [0.3, 0.4) is 0 Å². The fourth-order valence-corrected chi connectivity index (χ4v) is 3.17. The van der Waals surface area contributed by atoms with Crippen LogP contribution >= 0.6 is 15.9 Å². The van der Waals surface area contributed by atoms with Crippen molar-refractivity contribution in [2.24, 2.45) is 0 Å². The van der Waals surface area contributed by atoms with Gasteiger partial charge < -0.3 is 5.73 Å². The van der Waals surface area contributed by atoms with Crippen LogP contribution in [0.5, 0.6) is 0 Å². The number of nitrogens with two attached hydrogens (primary N) is 1. The quantitative estimate of drug-likeness (QED) is 0.701. The Kier molecular flexibility index (Phi) is 4.14. The second-order valence-corrected chi connectivity index (χ2v) is 6.03. The summed E-state index contributed by atoms with van der Waals surface area (Å²) in [5.74, 6) is 0.253. The smallest absolute Gasteiger partial charge is 0.142 e. The average molecular weight is 364 g/mol. The van der Waals surface area contributed by atoms with Gasteiger partial charge in [-0.3, -0.25) is 0 Å². The van der Waals surface area contributed by atoms with E-state index in [1.165, 1.54) is 0 Å². The third kappa shape index (κ3) is 2.71. The molecule has 0 unspecified atom stereocenters. The Balaban J connectivity index is 2.37. The molecular formula is C19H14BrN3. The lowest BCUT2D eigenvalue weighted by Crippen LogP contribution is -2.03. The molecule has 0 amide bonds. The first-order valence-corrected chi connectivity index (χ1v) is 7.93. The number of hydrogen-bond acceptors (Lipinski definition) is 3. The van der Waals surface area contributed by atoms with Crippen LogP contribution in [-0.2, 0) is 0 Å². The van der Waals surface area contributed by atoms with Crippen LogP contribution in [0, 0.1) is 18.3 Å². The van der Waals surface area contributed by atoms with Crippen LogP contribution in [0.4, 0.5) is 5.82 Å². The first-order chi connectivity index (χ1) is 11.1. The number of rotatable bonds is 2. The Morgan fingerprint density at radius 2 is 1.70 bits per heavy atom. The molecule has 0 bridgehead atoms. The summed E-state index contributed by atoms with van der Waals surface area (Å²) in [6.45, 7) is 1.98. The molecule has 23 heavy (non-hydrogen) atoms. The highest BCUT2D eigenvalue weighted by Crippen LogP contribution is 2.38. The van der Waals surface area contributed by atoms with E-state index in [4.69, 9.17) is 5.73 Å². The number of nitrogens with zero attached hydrogens (tertiary/aromatic N) is 2. The summed E-state index contributed by atoms with van der Waals surface area (Å²) in [6, 6.07) is 19.9. The third-order valence-electron chi connectivity index (χ3n) is 3.77. The van der Waals surface area contributed by atoms with E-state index in [-0.39, 0.29) is 5.82 Å². The summed E-state index contributed by atoms with van der Waals surface area (Å²) < 4.78 is 0.921. The Labute approximate surface area is 143 Å². The number of benzene rings is 2. The molecule has 3 nitrogen and oxygen atoms in total. The van der Waals surface area contributed by atoms with Crippen molar-refractivity contribution in [2.75, 3.05) is 5.73 Å². The lowest BCUT2D eigenvalue weighted by atomic mass is 9.93. The number of pyridine rings is 1. The van der Waals surface area contributed by atoms with Crippen molar-refractivity contribution in [3.05, 3.63) is 70.2 Å². The van der Waals surface area contributed by atoms with E-state index in [1.807, 2.05) is 61.5 Å². The highest BCUT2D eigenvalue weighted by atomic mass is 79.9. The van der Waals surface area contributed by atoms with E-state index in [9.17, 15) is 5.26 Å².